The molecule has 0 N–H and O–H groups in total. The second-order valence-electron chi connectivity index (χ2n) is 5.15. The van der Waals surface area contributed by atoms with Crippen LogP contribution in [0.2, 0.25) is 10.3 Å². The molecule has 1 aliphatic carbocycles. The summed E-state index contributed by atoms with van der Waals surface area (Å²) in [6.07, 6.45) is 5.31. The first-order chi connectivity index (χ1) is 9.63. The van der Waals surface area contributed by atoms with E-state index in [2.05, 4.69) is 15.0 Å². The van der Waals surface area contributed by atoms with Gasteiger partial charge in [0.1, 0.15) is 16.1 Å². The van der Waals surface area contributed by atoms with E-state index in [1.807, 2.05) is 12.3 Å². The summed E-state index contributed by atoms with van der Waals surface area (Å²) < 4.78 is 0. The summed E-state index contributed by atoms with van der Waals surface area (Å²) >= 11 is 14.3. The standard InChI is InChI=1S/C14H15Cl2N3S/c1-8-17-10(7-20-8)6-11-18-13(15)12(14(16)19-11)9-4-2-3-5-9/h7,9H,2-6H2,1H3. The maximum absolute atomic E-state index is 6.33. The maximum atomic E-state index is 6.33. The fourth-order valence-electron chi connectivity index (χ4n) is 2.74. The summed E-state index contributed by atoms with van der Waals surface area (Å²) in [6, 6.07) is 0. The van der Waals surface area contributed by atoms with Crippen LogP contribution in [0.1, 0.15) is 53.7 Å². The molecular formula is C14H15Cl2N3S. The summed E-state index contributed by atoms with van der Waals surface area (Å²) in [4.78, 5) is 13.3. The molecule has 1 fully saturated rings. The molecular weight excluding hydrogens is 313 g/mol. The number of hydrogen-bond donors (Lipinski definition) is 0. The topological polar surface area (TPSA) is 38.7 Å². The van der Waals surface area contributed by atoms with Crippen molar-refractivity contribution in [3.63, 3.8) is 0 Å². The molecule has 20 heavy (non-hydrogen) atoms. The lowest BCUT2D eigenvalue weighted by Crippen LogP contribution is -2.04. The van der Waals surface area contributed by atoms with Crippen LogP contribution in [-0.4, -0.2) is 15.0 Å². The minimum atomic E-state index is 0.422. The third-order valence-electron chi connectivity index (χ3n) is 3.67. The van der Waals surface area contributed by atoms with Crippen LogP contribution >= 0.6 is 34.5 Å². The van der Waals surface area contributed by atoms with Gasteiger partial charge in [-0.2, -0.15) is 0 Å². The molecule has 3 rings (SSSR count). The number of aromatic nitrogens is 3. The normalized spacial score (nSPS) is 15.9. The van der Waals surface area contributed by atoms with Gasteiger partial charge in [0.2, 0.25) is 0 Å². The Morgan fingerprint density at radius 3 is 2.35 bits per heavy atom. The maximum Gasteiger partial charge on any atom is 0.137 e. The third-order valence-corrected chi connectivity index (χ3v) is 5.07. The molecule has 0 aliphatic heterocycles. The number of aryl methyl sites for hydroxylation is 1. The number of nitrogens with zero attached hydrogens (tertiary/aromatic N) is 3. The lowest BCUT2D eigenvalue weighted by atomic mass is 10.0. The first-order valence-electron chi connectivity index (χ1n) is 6.76. The summed E-state index contributed by atoms with van der Waals surface area (Å²) in [5.41, 5.74) is 1.90. The largest absolute Gasteiger partial charge is 0.246 e. The van der Waals surface area contributed by atoms with E-state index < -0.39 is 0 Å². The van der Waals surface area contributed by atoms with Crippen molar-refractivity contribution in [3.05, 3.63) is 37.8 Å². The van der Waals surface area contributed by atoms with Crippen molar-refractivity contribution in [2.45, 2.75) is 44.9 Å². The second kappa shape index (κ2) is 5.96. The molecule has 1 aliphatic rings. The van der Waals surface area contributed by atoms with Gasteiger partial charge in [-0.15, -0.1) is 11.3 Å². The Balaban J connectivity index is 1.87. The smallest absolute Gasteiger partial charge is 0.137 e. The average molecular weight is 328 g/mol. The number of thiazole rings is 1. The molecule has 0 spiro atoms. The van der Waals surface area contributed by atoms with E-state index in [9.17, 15) is 0 Å². The predicted octanol–water partition coefficient (Wildman–Crippen LogP) is 4.80. The zero-order chi connectivity index (χ0) is 14.1. The van der Waals surface area contributed by atoms with Gasteiger partial charge in [-0.05, 0) is 25.7 Å². The van der Waals surface area contributed by atoms with E-state index >= 15 is 0 Å². The zero-order valence-corrected chi connectivity index (χ0v) is 13.5. The van der Waals surface area contributed by atoms with E-state index in [0.717, 1.165) is 29.1 Å². The van der Waals surface area contributed by atoms with Crippen molar-refractivity contribution in [2.24, 2.45) is 0 Å². The molecule has 0 radical (unpaired) electrons. The molecule has 6 heteroatoms. The van der Waals surface area contributed by atoms with Crippen LogP contribution in [0.4, 0.5) is 0 Å². The number of halogens is 2. The van der Waals surface area contributed by atoms with Crippen LogP contribution in [0.15, 0.2) is 5.38 Å². The van der Waals surface area contributed by atoms with Crippen molar-refractivity contribution >= 4 is 34.5 Å². The van der Waals surface area contributed by atoms with Crippen LogP contribution in [0, 0.1) is 6.92 Å². The van der Waals surface area contributed by atoms with Crippen molar-refractivity contribution < 1.29 is 0 Å². The van der Waals surface area contributed by atoms with Crippen molar-refractivity contribution in [1.82, 2.24) is 15.0 Å². The lowest BCUT2D eigenvalue weighted by Gasteiger charge is -2.13. The summed E-state index contributed by atoms with van der Waals surface area (Å²) in [5, 5.41) is 4.09. The summed E-state index contributed by atoms with van der Waals surface area (Å²) in [7, 11) is 0. The van der Waals surface area contributed by atoms with E-state index in [4.69, 9.17) is 23.2 Å². The minimum Gasteiger partial charge on any atom is -0.246 e. The molecule has 0 atom stereocenters. The fourth-order valence-corrected chi connectivity index (χ4v) is 4.08. The van der Waals surface area contributed by atoms with Gasteiger partial charge >= 0.3 is 0 Å². The highest BCUT2D eigenvalue weighted by Gasteiger charge is 2.24. The predicted molar refractivity (Wildman–Crippen MR) is 82.9 cm³/mol. The Morgan fingerprint density at radius 2 is 1.80 bits per heavy atom. The van der Waals surface area contributed by atoms with Crippen molar-refractivity contribution in [1.29, 1.82) is 0 Å². The molecule has 0 saturated heterocycles. The Morgan fingerprint density at radius 1 is 1.15 bits per heavy atom. The SMILES string of the molecule is Cc1nc(Cc2nc(Cl)c(C3CCCC3)c(Cl)n2)cs1. The van der Waals surface area contributed by atoms with Crippen LogP contribution in [0.5, 0.6) is 0 Å². The Bertz CT molecular complexity index is 598. The highest BCUT2D eigenvalue weighted by Crippen LogP contribution is 2.40. The summed E-state index contributed by atoms with van der Waals surface area (Å²) in [5.74, 6) is 1.07. The molecule has 3 nitrogen and oxygen atoms in total. The number of rotatable bonds is 3. The molecule has 0 unspecified atom stereocenters. The highest BCUT2D eigenvalue weighted by molar-refractivity contribution is 7.09. The molecule has 2 aromatic rings. The molecule has 106 valence electrons. The van der Waals surface area contributed by atoms with Gasteiger partial charge < -0.3 is 0 Å². The quantitative estimate of drug-likeness (QED) is 0.760. The second-order valence-corrected chi connectivity index (χ2v) is 6.93. The van der Waals surface area contributed by atoms with Crippen LogP contribution in [-0.2, 0) is 6.42 Å². The van der Waals surface area contributed by atoms with Gasteiger partial charge in [0, 0.05) is 10.9 Å². The van der Waals surface area contributed by atoms with Crippen molar-refractivity contribution in [2.75, 3.05) is 0 Å². The van der Waals surface area contributed by atoms with E-state index in [1.54, 1.807) is 11.3 Å². The van der Waals surface area contributed by atoms with E-state index in [1.165, 1.54) is 12.8 Å². The van der Waals surface area contributed by atoms with E-state index in [-0.39, 0.29) is 0 Å². The van der Waals surface area contributed by atoms with Gasteiger partial charge in [0.15, 0.2) is 0 Å². The molecule has 1 saturated carbocycles. The molecule has 0 amide bonds. The Kier molecular flexibility index (Phi) is 4.24. The van der Waals surface area contributed by atoms with Gasteiger partial charge in [0.25, 0.3) is 0 Å². The molecule has 0 bridgehead atoms. The minimum absolute atomic E-state index is 0.422. The fraction of sp³-hybridized carbons (Fsp3) is 0.500. The highest BCUT2D eigenvalue weighted by atomic mass is 35.5. The third kappa shape index (κ3) is 2.97. The van der Waals surface area contributed by atoms with Gasteiger partial charge in [-0.1, -0.05) is 36.0 Å². The van der Waals surface area contributed by atoms with Crippen LogP contribution < -0.4 is 0 Å². The van der Waals surface area contributed by atoms with Gasteiger partial charge in [-0.25, -0.2) is 15.0 Å². The zero-order valence-electron chi connectivity index (χ0n) is 11.2. The first kappa shape index (κ1) is 14.2. The van der Waals surface area contributed by atoms with Gasteiger partial charge in [-0.3, -0.25) is 0 Å². The average Bonchev–Trinajstić information content (AvgIpc) is 3.01. The van der Waals surface area contributed by atoms with Crippen LogP contribution in [0.25, 0.3) is 0 Å². The lowest BCUT2D eigenvalue weighted by molar-refractivity contribution is 0.710. The monoisotopic (exact) mass is 327 g/mol. The molecule has 0 aromatic carbocycles. The van der Waals surface area contributed by atoms with Gasteiger partial charge in [0.05, 0.1) is 17.1 Å². The Hall–Kier alpha value is -0.710. The van der Waals surface area contributed by atoms with Crippen molar-refractivity contribution in [3.8, 4) is 0 Å². The van der Waals surface area contributed by atoms with E-state index in [0.29, 0.717) is 28.5 Å². The van der Waals surface area contributed by atoms with Crippen LogP contribution in [0.3, 0.4) is 0 Å². The first-order valence-corrected chi connectivity index (χ1v) is 8.40. The molecule has 2 heterocycles. The molecule has 2 aromatic heterocycles. The Labute approximate surface area is 132 Å². The number of hydrogen-bond acceptors (Lipinski definition) is 4. The summed E-state index contributed by atoms with van der Waals surface area (Å²) in [6.45, 7) is 1.98.